The van der Waals surface area contributed by atoms with Crippen LogP contribution in [0.1, 0.15) is 29.2 Å². The summed E-state index contributed by atoms with van der Waals surface area (Å²) in [6.07, 6.45) is 0. The molecule has 1 aromatic carbocycles. The van der Waals surface area contributed by atoms with Gasteiger partial charge >= 0.3 is 0 Å². The summed E-state index contributed by atoms with van der Waals surface area (Å²) >= 11 is 5.22. The van der Waals surface area contributed by atoms with E-state index < -0.39 is 0 Å². The molecule has 0 fully saturated rings. The van der Waals surface area contributed by atoms with Gasteiger partial charge in [0.1, 0.15) is 5.01 Å². The zero-order valence-electron chi connectivity index (χ0n) is 10.4. The minimum Gasteiger partial charge on any atom is -0.399 e. The highest BCUT2D eigenvalue weighted by molar-refractivity contribution is 9.10. The van der Waals surface area contributed by atoms with E-state index in [2.05, 4.69) is 38.5 Å². The van der Waals surface area contributed by atoms with Crippen LogP contribution in [0.15, 0.2) is 28.1 Å². The highest BCUT2D eigenvalue weighted by Crippen LogP contribution is 2.22. The van der Waals surface area contributed by atoms with Crippen LogP contribution in [0.3, 0.4) is 0 Å². The number of benzene rings is 1. The summed E-state index contributed by atoms with van der Waals surface area (Å²) in [7, 11) is 0. The molecule has 0 aliphatic rings. The Kier molecular flexibility index (Phi) is 4.37. The average Bonchev–Trinajstić information content (AvgIpc) is 2.77. The topological polar surface area (TPSA) is 50.9 Å². The van der Waals surface area contributed by atoms with Gasteiger partial charge < -0.3 is 11.1 Å². The maximum atomic E-state index is 5.79. The van der Waals surface area contributed by atoms with Gasteiger partial charge in [-0.25, -0.2) is 4.98 Å². The SMILES string of the molecule is Cc1csc(C(C)NCc2cc(N)ccc2Br)n1. The first-order valence-electron chi connectivity index (χ1n) is 5.75. The molecule has 2 aromatic rings. The molecule has 0 aliphatic carbocycles. The third-order valence-electron chi connectivity index (χ3n) is 2.68. The monoisotopic (exact) mass is 325 g/mol. The number of hydrogen-bond acceptors (Lipinski definition) is 4. The van der Waals surface area contributed by atoms with Crippen molar-refractivity contribution in [2.24, 2.45) is 0 Å². The Hall–Kier alpha value is -0.910. The van der Waals surface area contributed by atoms with Crippen LogP contribution in [-0.4, -0.2) is 4.98 Å². The lowest BCUT2D eigenvalue weighted by atomic mass is 10.2. The first-order valence-corrected chi connectivity index (χ1v) is 7.43. The van der Waals surface area contributed by atoms with E-state index in [-0.39, 0.29) is 6.04 Å². The Morgan fingerprint density at radius 3 is 2.94 bits per heavy atom. The number of nitrogen functional groups attached to an aromatic ring is 1. The van der Waals surface area contributed by atoms with Gasteiger partial charge in [0.25, 0.3) is 0 Å². The van der Waals surface area contributed by atoms with Crippen molar-refractivity contribution < 1.29 is 0 Å². The fraction of sp³-hybridized carbons (Fsp3) is 0.308. The largest absolute Gasteiger partial charge is 0.399 e. The maximum absolute atomic E-state index is 5.79. The van der Waals surface area contributed by atoms with Gasteiger partial charge in [-0.15, -0.1) is 11.3 Å². The van der Waals surface area contributed by atoms with Crippen LogP contribution in [0, 0.1) is 6.92 Å². The molecule has 18 heavy (non-hydrogen) atoms. The second-order valence-electron chi connectivity index (χ2n) is 4.28. The standard InChI is InChI=1S/C13H16BrN3S/c1-8-7-18-13(17-8)9(2)16-6-10-5-11(15)3-4-12(10)14/h3-5,7,9,16H,6,15H2,1-2H3. The van der Waals surface area contributed by atoms with E-state index in [1.807, 2.05) is 25.1 Å². The molecular weight excluding hydrogens is 310 g/mol. The van der Waals surface area contributed by atoms with E-state index in [4.69, 9.17) is 5.73 Å². The minimum atomic E-state index is 0.247. The van der Waals surface area contributed by atoms with Crippen LogP contribution in [0.2, 0.25) is 0 Å². The molecule has 0 spiro atoms. The van der Waals surface area contributed by atoms with Crippen molar-refractivity contribution in [3.05, 3.63) is 44.3 Å². The normalized spacial score (nSPS) is 12.6. The summed E-state index contributed by atoms with van der Waals surface area (Å²) in [5.41, 5.74) is 8.81. The first-order chi connectivity index (χ1) is 8.56. The molecule has 3 N–H and O–H groups in total. The Morgan fingerprint density at radius 2 is 2.28 bits per heavy atom. The summed E-state index contributed by atoms with van der Waals surface area (Å²) in [6, 6.07) is 6.10. The summed E-state index contributed by atoms with van der Waals surface area (Å²) in [5, 5.41) is 6.65. The second kappa shape index (κ2) is 5.82. The van der Waals surface area contributed by atoms with Gasteiger partial charge in [0, 0.05) is 27.8 Å². The third kappa shape index (κ3) is 3.31. The van der Waals surface area contributed by atoms with Crippen molar-refractivity contribution in [2.45, 2.75) is 26.4 Å². The van der Waals surface area contributed by atoms with Crippen molar-refractivity contribution >= 4 is 33.0 Å². The highest BCUT2D eigenvalue weighted by atomic mass is 79.9. The van der Waals surface area contributed by atoms with Crippen LogP contribution in [0.25, 0.3) is 0 Å². The molecule has 0 bridgehead atoms. The van der Waals surface area contributed by atoms with E-state index in [0.29, 0.717) is 0 Å². The molecule has 0 aliphatic heterocycles. The maximum Gasteiger partial charge on any atom is 0.110 e. The number of halogens is 1. The van der Waals surface area contributed by atoms with E-state index in [1.165, 1.54) is 0 Å². The predicted octanol–water partition coefficient (Wildman–Crippen LogP) is 3.65. The lowest BCUT2D eigenvalue weighted by Gasteiger charge is -2.12. The molecule has 1 heterocycles. The zero-order valence-corrected chi connectivity index (χ0v) is 12.8. The molecule has 0 amide bonds. The number of aromatic nitrogens is 1. The van der Waals surface area contributed by atoms with Crippen molar-refractivity contribution in [2.75, 3.05) is 5.73 Å². The summed E-state index contributed by atoms with van der Waals surface area (Å²) < 4.78 is 1.08. The number of nitrogens with two attached hydrogens (primary N) is 1. The van der Waals surface area contributed by atoms with Crippen LogP contribution in [-0.2, 0) is 6.54 Å². The lowest BCUT2D eigenvalue weighted by molar-refractivity contribution is 0.570. The molecule has 0 radical (unpaired) electrons. The number of nitrogens with zero attached hydrogens (tertiary/aromatic N) is 1. The number of thiazole rings is 1. The van der Waals surface area contributed by atoms with Gasteiger partial charge in [0.15, 0.2) is 0 Å². The summed E-state index contributed by atoms with van der Waals surface area (Å²) in [6.45, 7) is 4.91. The van der Waals surface area contributed by atoms with E-state index in [0.717, 1.165) is 33.0 Å². The fourth-order valence-electron chi connectivity index (χ4n) is 1.65. The average molecular weight is 326 g/mol. The Labute approximate surface area is 120 Å². The van der Waals surface area contributed by atoms with Crippen molar-refractivity contribution in [3.63, 3.8) is 0 Å². The van der Waals surface area contributed by atoms with Crippen molar-refractivity contribution in [3.8, 4) is 0 Å². The molecule has 0 saturated heterocycles. The van der Waals surface area contributed by atoms with Gasteiger partial charge in [-0.05, 0) is 37.6 Å². The third-order valence-corrected chi connectivity index (χ3v) is 4.59. The predicted molar refractivity (Wildman–Crippen MR) is 80.7 cm³/mol. The van der Waals surface area contributed by atoms with Gasteiger partial charge in [-0.1, -0.05) is 15.9 Å². The number of anilines is 1. The fourth-order valence-corrected chi connectivity index (χ4v) is 2.87. The van der Waals surface area contributed by atoms with Crippen LogP contribution in [0.5, 0.6) is 0 Å². The van der Waals surface area contributed by atoms with E-state index in [9.17, 15) is 0 Å². The van der Waals surface area contributed by atoms with Gasteiger partial charge in [0.2, 0.25) is 0 Å². The Morgan fingerprint density at radius 1 is 1.50 bits per heavy atom. The van der Waals surface area contributed by atoms with Crippen molar-refractivity contribution in [1.29, 1.82) is 0 Å². The van der Waals surface area contributed by atoms with Crippen molar-refractivity contribution in [1.82, 2.24) is 10.3 Å². The zero-order chi connectivity index (χ0) is 13.1. The summed E-state index contributed by atoms with van der Waals surface area (Å²) in [4.78, 5) is 4.48. The molecule has 96 valence electrons. The van der Waals surface area contributed by atoms with Gasteiger partial charge in [-0.3, -0.25) is 0 Å². The quantitative estimate of drug-likeness (QED) is 0.843. The number of hydrogen-bond donors (Lipinski definition) is 2. The van der Waals surface area contributed by atoms with E-state index in [1.54, 1.807) is 11.3 Å². The molecule has 1 aromatic heterocycles. The van der Waals surface area contributed by atoms with Gasteiger partial charge in [-0.2, -0.15) is 0 Å². The number of rotatable bonds is 4. The molecule has 2 rings (SSSR count). The molecular formula is C13H16BrN3S. The number of aryl methyl sites for hydroxylation is 1. The number of nitrogens with one attached hydrogen (secondary N) is 1. The smallest absolute Gasteiger partial charge is 0.110 e. The molecule has 1 unspecified atom stereocenters. The molecule has 1 atom stereocenters. The van der Waals surface area contributed by atoms with E-state index >= 15 is 0 Å². The summed E-state index contributed by atoms with van der Waals surface area (Å²) in [5.74, 6) is 0. The molecule has 0 saturated carbocycles. The Balaban J connectivity index is 2.01. The Bertz CT molecular complexity index is 539. The van der Waals surface area contributed by atoms with Crippen LogP contribution < -0.4 is 11.1 Å². The minimum absolute atomic E-state index is 0.247. The van der Waals surface area contributed by atoms with Crippen LogP contribution >= 0.6 is 27.3 Å². The molecule has 5 heteroatoms. The van der Waals surface area contributed by atoms with Crippen LogP contribution in [0.4, 0.5) is 5.69 Å². The van der Waals surface area contributed by atoms with Gasteiger partial charge in [0.05, 0.1) is 6.04 Å². The molecule has 3 nitrogen and oxygen atoms in total. The lowest BCUT2D eigenvalue weighted by Crippen LogP contribution is -2.18. The highest BCUT2D eigenvalue weighted by Gasteiger charge is 2.09. The first kappa shape index (κ1) is 13.5. The second-order valence-corrected chi connectivity index (χ2v) is 6.02.